The zero-order chi connectivity index (χ0) is 16.9. The molecule has 0 amide bonds. The summed E-state index contributed by atoms with van der Waals surface area (Å²) < 4.78 is 30.9. The lowest BCUT2D eigenvalue weighted by Gasteiger charge is -2.10. The molecule has 0 aliphatic carbocycles. The summed E-state index contributed by atoms with van der Waals surface area (Å²) in [5.41, 5.74) is 1.49. The molecular formula is C15H18ClN3O3S. The molecule has 0 saturated carbocycles. The molecule has 0 aliphatic heterocycles. The Balaban J connectivity index is 2.07. The SMILES string of the molecule is CCCS(=O)(=O)Nc1ccc(Nc2ccc(OC)c(Cl)c2)cn1. The number of hydrogen-bond donors (Lipinski definition) is 2. The molecule has 8 heteroatoms. The third-order valence-corrected chi connectivity index (χ3v) is 4.70. The van der Waals surface area contributed by atoms with Crippen LogP contribution >= 0.6 is 11.6 Å². The Morgan fingerprint density at radius 2 is 1.96 bits per heavy atom. The van der Waals surface area contributed by atoms with Gasteiger partial charge in [-0.3, -0.25) is 4.72 Å². The first kappa shape index (κ1) is 17.4. The molecule has 124 valence electrons. The number of sulfonamides is 1. The highest BCUT2D eigenvalue weighted by molar-refractivity contribution is 7.92. The van der Waals surface area contributed by atoms with Crippen molar-refractivity contribution in [2.24, 2.45) is 0 Å². The first-order valence-electron chi connectivity index (χ1n) is 7.00. The molecule has 0 saturated heterocycles. The van der Waals surface area contributed by atoms with Gasteiger partial charge in [0.1, 0.15) is 11.6 Å². The number of nitrogens with zero attached hydrogens (tertiary/aromatic N) is 1. The highest BCUT2D eigenvalue weighted by Crippen LogP contribution is 2.28. The zero-order valence-corrected chi connectivity index (χ0v) is 14.4. The maximum Gasteiger partial charge on any atom is 0.233 e. The third kappa shape index (κ3) is 5.01. The van der Waals surface area contributed by atoms with E-state index in [0.29, 0.717) is 22.9 Å². The monoisotopic (exact) mass is 355 g/mol. The number of hydrogen-bond acceptors (Lipinski definition) is 5. The fourth-order valence-corrected chi connectivity index (χ4v) is 3.25. The van der Waals surface area contributed by atoms with Crippen molar-refractivity contribution >= 4 is 38.8 Å². The van der Waals surface area contributed by atoms with Crippen molar-refractivity contribution in [3.8, 4) is 5.75 Å². The molecule has 1 aromatic heterocycles. The second kappa shape index (κ2) is 7.52. The first-order valence-corrected chi connectivity index (χ1v) is 9.03. The van der Waals surface area contributed by atoms with E-state index in [1.54, 1.807) is 44.5 Å². The van der Waals surface area contributed by atoms with Gasteiger partial charge in [0.05, 0.1) is 29.8 Å². The summed E-state index contributed by atoms with van der Waals surface area (Å²) >= 11 is 6.07. The van der Waals surface area contributed by atoms with E-state index in [9.17, 15) is 8.42 Å². The Bertz CT molecular complexity index is 764. The van der Waals surface area contributed by atoms with Gasteiger partial charge < -0.3 is 10.1 Å². The van der Waals surface area contributed by atoms with Crippen molar-refractivity contribution < 1.29 is 13.2 Å². The Morgan fingerprint density at radius 3 is 2.52 bits per heavy atom. The third-order valence-electron chi connectivity index (χ3n) is 2.94. The van der Waals surface area contributed by atoms with E-state index in [0.717, 1.165) is 5.69 Å². The molecule has 0 fully saturated rings. The second-order valence-corrected chi connectivity index (χ2v) is 7.08. The number of pyridine rings is 1. The Kier molecular flexibility index (Phi) is 5.68. The normalized spacial score (nSPS) is 11.1. The lowest BCUT2D eigenvalue weighted by Crippen LogP contribution is -2.16. The van der Waals surface area contributed by atoms with E-state index in [2.05, 4.69) is 15.0 Å². The molecule has 6 nitrogen and oxygen atoms in total. The van der Waals surface area contributed by atoms with Gasteiger partial charge in [0.2, 0.25) is 10.0 Å². The number of benzene rings is 1. The second-order valence-electron chi connectivity index (χ2n) is 4.83. The van der Waals surface area contributed by atoms with Crippen LogP contribution in [0.2, 0.25) is 5.02 Å². The van der Waals surface area contributed by atoms with E-state index >= 15 is 0 Å². The average molecular weight is 356 g/mol. The molecule has 23 heavy (non-hydrogen) atoms. The fraction of sp³-hybridized carbons (Fsp3) is 0.267. The summed E-state index contributed by atoms with van der Waals surface area (Å²) in [5.74, 6) is 0.951. The van der Waals surface area contributed by atoms with Crippen LogP contribution in [0, 0.1) is 0 Å². The van der Waals surface area contributed by atoms with Crippen molar-refractivity contribution in [3.63, 3.8) is 0 Å². The average Bonchev–Trinajstić information content (AvgIpc) is 2.49. The first-order chi connectivity index (χ1) is 10.9. The van der Waals surface area contributed by atoms with Crippen LogP contribution in [0.15, 0.2) is 36.5 Å². The Morgan fingerprint density at radius 1 is 1.22 bits per heavy atom. The van der Waals surface area contributed by atoms with Crippen LogP contribution in [0.1, 0.15) is 13.3 Å². The van der Waals surface area contributed by atoms with Crippen LogP contribution in [-0.4, -0.2) is 26.3 Å². The van der Waals surface area contributed by atoms with Crippen molar-refractivity contribution in [1.82, 2.24) is 4.98 Å². The van der Waals surface area contributed by atoms with E-state index < -0.39 is 10.0 Å². The minimum absolute atomic E-state index is 0.0685. The highest BCUT2D eigenvalue weighted by Gasteiger charge is 2.09. The molecule has 0 atom stereocenters. The summed E-state index contributed by atoms with van der Waals surface area (Å²) in [6, 6.07) is 8.64. The summed E-state index contributed by atoms with van der Waals surface area (Å²) in [6.07, 6.45) is 2.09. The molecule has 0 radical (unpaired) electrons. The molecule has 1 heterocycles. The predicted octanol–water partition coefficient (Wildman–Crippen LogP) is 3.64. The molecule has 0 spiro atoms. The van der Waals surface area contributed by atoms with Crippen molar-refractivity contribution in [1.29, 1.82) is 0 Å². The molecule has 2 aromatic rings. The van der Waals surface area contributed by atoms with Gasteiger partial charge in [-0.15, -0.1) is 0 Å². The fourth-order valence-electron chi connectivity index (χ4n) is 1.92. The summed E-state index contributed by atoms with van der Waals surface area (Å²) in [6.45, 7) is 1.81. The quantitative estimate of drug-likeness (QED) is 0.792. The molecule has 0 unspecified atom stereocenters. The predicted molar refractivity (Wildman–Crippen MR) is 93.2 cm³/mol. The molecule has 2 N–H and O–H groups in total. The van der Waals surface area contributed by atoms with E-state index in [1.807, 2.05) is 6.07 Å². The van der Waals surface area contributed by atoms with Crippen LogP contribution in [0.4, 0.5) is 17.2 Å². The van der Waals surface area contributed by atoms with Gasteiger partial charge in [0.25, 0.3) is 0 Å². The summed E-state index contributed by atoms with van der Waals surface area (Å²) in [4.78, 5) is 4.09. The lowest BCUT2D eigenvalue weighted by molar-refractivity contribution is 0.415. The van der Waals surface area contributed by atoms with Gasteiger partial charge >= 0.3 is 0 Å². The number of aromatic nitrogens is 1. The Hall–Kier alpha value is -1.99. The lowest BCUT2D eigenvalue weighted by atomic mass is 10.3. The van der Waals surface area contributed by atoms with Crippen LogP contribution in [0.3, 0.4) is 0 Å². The minimum atomic E-state index is -3.33. The van der Waals surface area contributed by atoms with Crippen LogP contribution < -0.4 is 14.8 Å². The van der Waals surface area contributed by atoms with Crippen molar-refractivity contribution in [3.05, 3.63) is 41.6 Å². The number of nitrogens with one attached hydrogen (secondary N) is 2. The van der Waals surface area contributed by atoms with Gasteiger partial charge in [-0.2, -0.15) is 0 Å². The van der Waals surface area contributed by atoms with Gasteiger partial charge in [-0.1, -0.05) is 18.5 Å². The number of halogens is 1. The number of anilines is 3. The summed E-state index contributed by atoms with van der Waals surface area (Å²) in [7, 11) is -1.78. The van der Waals surface area contributed by atoms with Crippen LogP contribution in [-0.2, 0) is 10.0 Å². The van der Waals surface area contributed by atoms with E-state index in [-0.39, 0.29) is 11.6 Å². The summed E-state index contributed by atoms with van der Waals surface area (Å²) in [5, 5.41) is 3.63. The van der Waals surface area contributed by atoms with Crippen molar-refractivity contribution in [2.45, 2.75) is 13.3 Å². The zero-order valence-electron chi connectivity index (χ0n) is 12.8. The molecule has 1 aromatic carbocycles. The topological polar surface area (TPSA) is 80.3 Å². The smallest absolute Gasteiger partial charge is 0.233 e. The highest BCUT2D eigenvalue weighted by atomic mass is 35.5. The van der Waals surface area contributed by atoms with Crippen molar-refractivity contribution in [2.75, 3.05) is 22.9 Å². The molecule has 0 bridgehead atoms. The minimum Gasteiger partial charge on any atom is -0.495 e. The largest absolute Gasteiger partial charge is 0.495 e. The van der Waals surface area contributed by atoms with Crippen LogP contribution in [0.5, 0.6) is 5.75 Å². The molecule has 2 rings (SSSR count). The number of methoxy groups -OCH3 is 1. The van der Waals surface area contributed by atoms with Gasteiger partial charge in [0.15, 0.2) is 0 Å². The number of rotatable bonds is 7. The molecular weight excluding hydrogens is 338 g/mol. The van der Waals surface area contributed by atoms with Gasteiger partial charge in [-0.25, -0.2) is 13.4 Å². The van der Waals surface area contributed by atoms with Gasteiger partial charge in [0, 0.05) is 5.69 Å². The Labute approximate surface area is 140 Å². The van der Waals surface area contributed by atoms with E-state index in [1.165, 1.54) is 0 Å². The molecule has 0 aliphatic rings. The maximum atomic E-state index is 11.7. The maximum absolute atomic E-state index is 11.7. The number of ether oxygens (including phenoxy) is 1. The van der Waals surface area contributed by atoms with E-state index in [4.69, 9.17) is 16.3 Å². The van der Waals surface area contributed by atoms with Crippen LogP contribution in [0.25, 0.3) is 0 Å². The standard InChI is InChI=1S/C15H18ClN3O3S/c1-3-8-23(20,21)19-15-7-5-12(10-17-15)18-11-4-6-14(22-2)13(16)9-11/h4-7,9-10,18H,3,8H2,1-2H3,(H,17,19). The van der Waals surface area contributed by atoms with Gasteiger partial charge in [-0.05, 0) is 36.8 Å².